The molecule has 9 heteroatoms. The van der Waals surface area contributed by atoms with E-state index in [4.69, 9.17) is 18.9 Å². The summed E-state index contributed by atoms with van der Waals surface area (Å²) in [6.07, 6.45) is 10.4. The van der Waals surface area contributed by atoms with Crippen LogP contribution in [0.5, 0.6) is 5.75 Å². The van der Waals surface area contributed by atoms with Gasteiger partial charge in [0.2, 0.25) is 29.1 Å². The molecule has 0 radical (unpaired) electrons. The third-order valence-electron chi connectivity index (χ3n) is 6.04. The van der Waals surface area contributed by atoms with Crippen LogP contribution < -0.4 is 4.74 Å². The van der Waals surface area contributed by atoms with E-state index in [2.05, 4.69) is 6.92 Å². The molecule has 4 nitrogen and oxygen atoms in total. The van der Waals surface area contributed by atoms with Gasteiger partial charge in [0, 0.05) is 5.92 Å². The van der Waals surface area contributed by atoms with E-state index in [1.54, 1.807) is 0 Å². The van der Waals surface area contributed by atoms with Crippen LogP contribution in [0, 0.1) is 35.0 Å². The van der Waals surface area contributed by atoms with E-state index in [0.29, 0.717) is 26.2 Å². The highest BCUT2D eigenvalue weighted by molar-refractivity contribution is 5.29. The molecule has 1 aromatic rings. The molecule has 1 rings (SSSR count). The Bertz CT molecular complexity index is 712. The summed E-state index contributed by atoms with van der Waals surface area (Å²) in [7, 11) is 0. The minimum absolute atomic E-state index is 0.205. The van der Waals surface area contributed by atoms with Crippen molar-refractivity contribution in [3.63, 3.8) is 0 Å². The zero-order valence-electron chi connectivity index (χ0n) is 22.9. The lowest BCUT2D eigenvalue weighted by Gasteiger charge is -2.40. The highest BCUT2D eigenvalue weighted by atomic mass is 19.2. The van der Waals surface area contributed by atoms with Gasteiger partial charge in [-0.25, -0.2) is 13.2 Å². The van der Waals surface area contributed by atoms with E-state index in [1.807, 2.05) is 20.8 Å². The summed E-state index contributed by atoms with van der Waals surface area (Å²) in [5.41, 5.74) is 0. The Morgan fingerprint density at radius 2 is 0.946 bits per heavy atom. The highest BCUT2D eigenvalue weighted by Gasteiger charge is 2.42. The second-order valence-electron chi connectivity index (χ2n) is 9.29. The minimum atomic E-state index is -2.21. The summed E-state index contributed by atoms with van der Waals surface area (Å²) in [4.78, 5) is 0. The summed E-state index contributed by atoms with van der Waals surface area (Å²) in [5.74, 6) is -12.9. The van der Waals surface area contributed by atoms with Crippen molar-refractivity contribution >= 4 is 0 Å². The maximum absolute atomic E-state index is 14.0. The van der Waals surface area contributed by atoms with Crippen LogP contribution in [0.1, 0.15) is 105 Å². The molecule has 0 bridgehead atoms. The largest absolute Gasteiger partial charge is 0.487 e. The number of benzene rings is 1. The second-order valence-corrected chi connectivity index (χ2v) is 9.29. The number of rotatable bonds is 22. The Hall–Kier alpha value is -1.45. The Morgan fingerprint density at radius 1 is 0.514 bits per heavy atom. The molecule has 1 atom stereocenters. The zero-order valence-corrected chi connectivity index (χ0v) is 22.9. The van der Waals surface area contributed by atoms with Gasteiger partial charge in [0.05, 0.1) is 26.4 Å². The summed E-state index contributed by atoms with van der Waals surface area (Å²) in [5, 5.41) is 0. The Balaban J connectivity index is 3.01. The number of unbranched alkanes of at least 4 members (excludes halogenated alkanes) is 5. The van der Waals surface area contributed by atoms with Crippen LogP contribution in [0.2, 0.25) is 0 Å². The molecule has 37 heavy (non-hydrogen) atoms. The van der Waals surface area contributed by atoms with Crippen molar-refractivity contribution in [3.8, 4) is 5.75 Å². The number of hydrogen-bond acceptors (Lipinski definition) is 4. The van der Waals surface area contributed by atoms with Crippen LogP contribution in [0.15, 0.2) is 0 Å². The summed E-state index contributed by atoms with van der Waals surface area (Å²) in [6.45, 7) is 9.20. The fraction of sp³-hybridized carbons (Fsp3) is 0.786. The summed E-state index contributed by atoms with van der Waals surface area (Å²) >= 11 is 0. The predicted octanol–water partition coefficient (Wildman–Crippen LogP) is 8.84. The minimum Gasteiger partial charge on any atom is -0.487 e. The maximum Gasteiger partial charge on any atom is 0.285 e. The molecular formula is C28H45F5O4. The third kappa shape index (κ3) is 10.7. The monoisotopic (exact) mass is 540 g/mol. The van der Waals surface area contributed by atoms with Gasteiger partial charge < -0.3 is 18.9 Å². The topological polar surface area (TPSA) is 36.9 Å². The molecule has 0 aliphatic carbocycles. The molecule has 0 aliphatic heterocycles. The fourth-order valence-corrected chi connectivity index (χ4v) is 4.10. The fourth-order valence-electron chi connectivity index (χ4n) is 4.10. The van der Waals surface area contributed by atoms with Gasteiger partial charge in [-0.05, 0) is 38.5 Å². The van der Waals surface area contributed by atoms with Gasteiger partial charge in [0.1, 0.15) is 0 Å². The Labute approximate surface area is 219 Å². The van der Waals surface area contributed by atoms with E-state index < -0.39 is 40.8 Å². The van der Waals surface area contributed by atoms with Crippen molar-refractivity contribution in [2.45, 2.75) is 111 Å². The van der Waals surface area contributed by atoms with E-state index in [-0.39, 0.29) is 18.9 Å². The number of hydrogen-bond donors (Lipinski definition) is 0. The molecule has 0 saturated heterocycles. The van der Waals surface area contributed by atoms with E-state index >= 15 is 0 Å². The van der Waals surface area contributed by atoms with Gasteiger partial charge in [0.15, 0.2) is 5.75 Å². The number of halogens is 5. The van der Waals surface area contributed by atoms with Crippen LogP contribution in [0.4, 0.5) is 22.0 Å². The van der Waals surface area contributed by atoms with Crippen molar-refractivity contribution < 1.29 is 40.9 Å². The maximum atomic E-state index is 14.0. The predicted molar refractivity (Wildman–Crippen MR) is 134 cm³/mol. The normalized spacial score (nSPS) is 12.8. The average molecular weight is 541 g/mol. The lowest BCUT2D eigenvalue weighted by Crippen LogP contribution is -2.47. The molecule has 0 heterocycles. The second kappa shape index (κ2) is 18.7. The SMILES string of the molecule is CCCCCCCCC(CCCOc1c(F)c(F)c(F)c(F)c1F)C(OCCC)(OCCC)OCCC. The van der Waals surface area contributed by atoms with Crippen LogP contribution in [-0.4, -0.2) is 32.4 Å². The molecule has 0 fully saturated rings. The molecule has 216 valence electrons. The van der Waals surface area contributed by atoms with E-state index in [0.717, 1.165) is 51.4 Å². The van der Waals surface area contributed by atoms with Crippen molar-refractivity contribution in [1.29, 1.82) is 0 Å². The first kappa shape index (κ1) is 33.6. The first-order valence-electron chi connectivity index (χ1n) is 13.8. The molecule has 1 unspecified atom stereocenters. The highest BCUT2D eigenvalue weighted by Crippen LogP contribution is 2.35. The molecule has 0 spiro atoms. The summed E-state index contributed by atoms with van der Waals surface area (Å²) < 4.78 is 91.9. The number of ether oxygens (including phenoxy) is 4. The molecule has 1 aromatic carbocycles. The molecular weight excluding hydrogens is 495 g/mol. The van der Waals surface area contributed by atoms with Crippen LogP contribution in [0.3, 0.4) is 0 Å². The molecule has 0 aliphatic rings. The standard InChI is InChI=1S/C28H45F5O4/c1-5-9-10-11-12-13-15-21(28(35-17-6-2,36-18-7-3)37-19-8-4)16-14-20-34-27-25(32)23(30)22(29)24(31)26(27)33/h21H,5-20H2,1-4H3. The quantitative estimate of drug-likeness (QED) is 0.0484. The Morgan fingerprint density at radius 3 is 1.43 bits per heavy atom. The molecule has 0 saturated carbocycles. The van der Waals surface area contributed by atoms with Crippen LogP contribution >= 0.6 is 0 Å². The summed E-state index contributed by atoms with van der Waals surface area (Å²) in [6, 6.07) is 0. The van der Waals surface area contributed by atoms with Crippen molar-refractivity contribution in [3.05, 3.63) is 29.1 Å². The lowest BCUT2D eigenvalue weighted by atomic mass is 9.93. The average Bonchev–Trinajstić information content (AvgIpc) is 2.91. The van der Waals surface area contributed by atoms with Crippen LogP contribution in [-0.2, 0) is 14.2 Å². The van der Waals surface area contributed by atoms with Gasteiger partial charge in [-0.1, -0.05) is 66.2 Å². The molecule has 0 aromatic heterocycles. The van der Waals surface area contributed by atoms with Gasteiger partial charge >= 0.3 is 0 Å². The smallest absolute Gasteiger partial charge is 0.285 e. The Kier molecular flexibility index (Phi) is 17.0. The third-order valence-corrected chi connectivity index (χ3v) is 6.04. The molecule has 0 N–H and O–H groups in total. The van der Waals surface area contributed by atoms with Gasteiger partial charge in [-0.2, -0.15) is 8.78 Å². The van der Waals surface area contributed by atoms with Gasteiger partial charge in [-0.15, -0.1) is 0 Å². The van der Waals surface area contributed by atoms with Gasteiger partial charge in [-0.3, -0.25) is 0 Å². The van der Waals surface area contributed by atoms with Crippen molar-refractivity contribution in [1.82, 2.24) is 0 Å². The van der Waals surface area contributed by atoms with E-state index in [1.165, 1.54) is 12.8 Å². The first-order chi connectivity index (χ1) is 17.8. The van der Waals surface area contributed by atoms with Crippen molar-refractivity contribution in [2.75, 3.05) is 26.4 Å². The lowest BCUT2D eigenvalue weighted by molar-refractivity contribution is -0.406. The molecule has 0 amide bonds. The van der Waals surface area contributed by atoms with Gasteiger partial charge in [0.25, 0.3) is 5.97 Å². The van der Waals surface area contributed by atoms with Crippen molar-refractivity contribution in [2.24, 2.45) is 5.92 Å². The van der Waals surface area contributed by atoms with Crippen LogP contribution in [0.25, 0.3) is 0 Å². The first-order valence-corrected chi connectivity index (χ1v) is 13.8. The zero-order chi connectivity index (χ0) is 27.7. The van der Waals surface area contributed by atoms with E-state index in [9.17, 15) is 22.0 Å².